The number of morpholine rings is 1. The van der Waals surface area contributed by atoms with Crippen molar-refractivity contribution in [3.05, 3.63) is 0 Å². The fourth-order valence-electron chi connectivity index (χ4n) is 1.86. The van der Waals surface area contributed by atoms with Crippen molar-refractivity contribution in [2.24, 2.45) is 0 Å². The molecule has 1 atom stereocenters. The smallest absolute Gasteiger partial charge is 0.317 e. The van der Waals surface area contributed by atoms with Crippen molar-refractivity contribution in [3.8, 4) is 0 Å². The molecule has 2 fully saturated rings. The maximum atomic E-state index is 11.4. The minimum Gasteiger partial charge on any atom is -0.378 e. The molecular formula is C9H17N3O2. The molecule has 5 nitrogen and oxygen atoms in total. The van der Waals surface area contributed by atoms with Crippen LogP contribution in [0, 0.1) is 0 Å². The summed E-state index contributed by atoms with van der Waals surface area (Å²) < 4.78 is 5.34. The van der Waals surface area contributed by atoms with Gasteiger partial charge in [-0.25, -0.2) is 4.79 Å². The van der Waals surface area contributed by atoms with E-state index in [-0.39, 0.29) is 6.03 Å². The summed E-state index contributed by atoms with van der Waals surface area (Å²) in [7, 11) is 0. The summed E-state index contributed by atoms with van der Waals surface area (Å²) >= 11 is 0. The third kappa shape index (κ3) is 2.36. The first-order chi connectivity index (χ1) is 6.86. The van der Waals surface area contributed by atoms with Crippen LogP contribution in [0.5, 0.6) is 0 Å². The van der Waals surface area contributed by atoms with E-state index in [2.05, 4.69) is 10.6 Å². The average molecular weight is 199 g/mol. The standard InChI is InChI=1S/C9H17N3O2/c13-9-11-2-1-4-12(9)6-8-7-14-5-3-10-8/h8,10H,1-7H2,(H,11,13). The quantitative estimate of drug-likeness (QED) is 0.624. The number of hydrogen-bond donors (Lipinski definition) is 2. The van der Waals surface area contributed by atoms with E-state index in [0.717, 1.165) is 39.2 Å². The third-order valence-corrected chi connectivity index (χ3v) is 2.61. The number of amides is 2. The van der Waals surface area contributed by atoms with Crippen molar-refractivity contribution in [2.45, 2.75) is 12.5 Å². The molecule has 0 aromatic carbocycles. The average Bonchev–Trinajstić information content (AvgIpc) is 2.23. The number of urea groups is 1. The summed E-state index contributed by atoms with van der Waals surface area (Å²) in [5.74, 6) is 0. The van der Waals surface area contributed by atoms with Gasteiger partial charge in [0, 0.05) is 32.2 Å². The van der Waals surface area contributed by atoms with Crippen LogP contribution in [0.25, 0.3) is 0 Å². The Morgan fingerprint density at radius 1 is 1.50 bits per heavy atom. The van der Waals surface area contributed by atoms with Crippen molar-refractivity contribution in [3.63, 3.8) is 0 Å². The highest BCUT2D eigenvalue weighted by Gasteiger charge is 2.22. The van der Waals surface area contributed by atoms with Crippen LogP contribution in [0.1, 0.15) is 6.42 Å². The fourth-order valence-corrected chi connectivity index (χ4v) is 1.86. The van der Waals surface area contributed by atoms with Crippen molar-refractivity contribution in [2.75, 3.05) is 39.4 Å². The van der Waals surface area contributed by atoms with E-state index in [1.165, 1.54) is 0 Å². The van der Waals surface area contributed by atoms with Gasteiger partial charge in [0.25, 0.3) is 0 Å². The molecule has 2 amide bonds. The lowest BCUT2D eigenvalue weighted by Gasteiger charge is -2.32. The van der Waals surface area contributed by atoms with Gasteiger partial charge >= 0.3 is 6.03 Å². The normalized spacial score (nSPS) is 28.7. The Morgan fingerprint density at radius 2 is 2.43 bits per heavy atom. The van der Waals surface area contributed by atoms with Crippen molar-refractivity contribution < 1.29 is 9.53 Å². The fraction of sp³-hybridized carbons (Fsp3) is 0.889. The third-order valence-electron chi connectivity index (χ3n) is 2.61. The van der Waals surface area contributed by atoms with E-state index < -0.39 is 0 Å². The van der Waals surface area contributed by atoms with Gasteiger partial charge in [-0.3, -0.25) is 0 Å². The topological polar surface area (TPSA) is 53.6 Å². The molecule has 0 radical (unpaired) electrons. The van der Waals surface area contributed by atoms with Gasteiger partial charge < -0.3 is 20.3 Å². The second-order valence-corrected chi connectivity index (χ2v) is 3.76. The van der Waals surface area contributed by atoms with Crippen LogP contribution in [0.2, 0.25) is 0 Å². The van der Waals surface area contributed by atoms with Crippen LogP contribution < -0.4 is 10.6 Å². The Hall–Kier alpha value is -0.810. The van der Waals surface area contributed by atoms with Crippen molar-refractivity contribution in [1.82, 2.24) is 15.5 Å². The molecule has 2 aliphatic rings. The molecule has 0 spiro atoms. The van der Waals surface area contributed by atoms with E-state index in [4.69, 9.17) is 4.74 Å². The lowest BCUT2D eigenvalue weighted by molar-refractivity contribution is 0.0645. The first-order valence-corrected chi connectivity index (χ1v) is 5.20. The second-order valence-electron chi connectivity index (χ2n) is 3.76. The summed E-state index contributed by atoms with van der Waals surface area (Å²) in [6, 6.07) is 0.358. The van der Waals surface area contributed by atoms with E-state index in [0.29, 0.717) is 12.6 Å². The molecule has 80 valence electrons. The van der Waals surface area contributed by atoms with E-state index in [1.807, 2.05) is 4.90 Å². The molecule has 2 saturated heterocycles. The maximum absolute atomic E-state index is 11.4. The Kier molecular flexibility index (Phi) is 3.21. The van der Waals surface area contributed by atoms with Gasteiger partial charge in [0.05, 0.1) is 13.2 Å². The van der Waals surface area contributed by atoms with E-state index in [9.17, 15) is 4.79 Å². The predicted octanol–water partition coefficient (Wildman–Crippen LogP) is -0.610. The molecule has 0 aromatic rings. The molecule has 1 unspecified atom stereocenters. The molecule has 0 bridgehead atoms. The van der Waals surface area contributed by atoms with Crippen LogP contribution in [0.15, 0.2) is 0 Å². The van der Waals surface area contributed by atoms with Gasteiger partial charge in [-0.05, 0) is 6.42 Å². The van der Waals surface area contributed by atoms with Crippen LogP contribution in [0.4, 0.5) is 4.79 Å². The summed E-state index contributed by atoms with van der Waals surface area (Å²) in [4.78, 5) is 13.3. The highest BCUT2D eigenvalue weighted by molar-refractivity contribution is 5.74. The molecule has 0 aromatic heterocycles. The number of carbonyl (C=O) groups excluding carboxylic acids is 1. The minimum absolute atomic E-state index is 0.0589. The second kappa shape index (κ2) is 4.61. The molecule has 0 aliphatic carbocycles. The summed E-state index contributed by atoms with van der Waals surface area (Å²) in [5, 5.41) is 6.18. The lowest BCUT2D eigenvalue weighted by Crippen LogP contribution is -2.54. The van der Waals surface area contributed by atoms with Gasteiger partial charge in [0.1, 0.15) is 0 Å². The first kappa shape index (κ1) is 9.73. The Balaban J connectivity index is 1.79. The van der Waals surface area contributed by atoms with Crippen molar-refractivity contribution in [1.29, 1.82) is 0 Å². The van der Waals surface area contributed by atoms with Gasteiger partial charge in [0.2, 0.25) is 0 Å². The summed E-state index contributed by atoms with van der Waals surface area (Å²) in [6.07, 6.45) is 1.04. The predicted molar refractivity (Wildman–Crippen MR) is 52.2 cm³/mol. The number of hydrogen-bond acceptors (Lipinski definition) is 3. The minimum atomic E-state index is 0.0589. The zero-order chi connectivity index (χ0) is 9.80. The number of rotatable bonds is 2. The molecule has 2 aliphatic heterocycles. The zero-order valence-corrected chi connectivity index (χ0v) is 8.29. The lowest BCUT2D eigenvalue weighted by atomic mass is 10.2. The maximum Gasteiger partial charge on any atom is 0.317 e. The number of ether oxygens (including phenoxy) is 1. The molecule has 14 heavy (non-hydrogen) atoms. The van der Waals surface area contributed by atoms with Gasteiger partial charge in [-0.2, -0.15) is 0 Å². The first-order valence-electron chi connectivity index (χ1n) is 5.20. The van der Waals surface area contributed by atoms with Gasteiger partial charge in [-0.1, -0.05) is 0 Å². The Bertz CT molecular complexity index is 204. The Morgan fingerprint density at radius 3 is 3.14 bits per heavy atom. The summed E-state index contributed by atoms with van der Waals surface area (Å²) in [6.45, 7) is 4.81. The molecule has 2 N–H and O–H groups in total. The zero-order valence-electron chi connectivity index (χ0n) is 8.29. The molecule has 2 heterocycles. The largest absolute Gasteiger partial charge is 0.378 e. The number of carbonyl (C=O) groups is 1. The Labute approximate surface area is 83.8 Å². The number of nitrogens with one attached hydrogen (secondary N) is 2. The molecule has 5 heteroatoms. The highest BCUT2D eigenvalue weighted by atomic mass is 16.5. The van der Waals surface area contributed by atoms with Gasteiger partial charge in [-0.15, -0.1) is 0 Å². The molecule has 0 saturated carbocycles. The SMILES string of the molecule is O=C1NCCCN1CC1COCCN1. The van der Waals surface area contributed by atoms with Crippen LogP contribution in [-0.2, 0) is 4.74 Å². The molecular weight excluding hydrogens is 182 g/mol. The van der Waals surface area contributed by atoms with E-state index >= 15 is 0 Å². The van der Waals surface area contributed by atoms with Crippen LogP contribution in [-0.4, -0.2) is 56.4 Å². The van der Waals surface area contributed by atoms with Crippen LogP contribution >= 0.6 is 0 Å². The highest BCUT2D eigenvalue weighted by Crippen LogP contribution is 2.02. The van der Waals surface area contributed by atoms with Gasteiger partial charge in [0.15, 0.2) is 0 Å². The monoisotopic (exact) mass is 199 g/mol. The molecule has 2 rings (SSSR count). The van der Waals surface area contributed by atoms with Crippen LogP contribution in [0.3, 0.4) is 0 Å². The summed E-state index contributed by atoms with van der Waals surface area (Å²) in [5.41, 5.74) is 0. The van der Waals surface area contributed by atoms with Crippen molar-refractivity contribution >= 4 is 6.03 Å². The van der Waals surface area contributed by atoms with E-state index in [1.54, 1.807) is 0 Å². The number of nitrogens with zero attached hydrogens (tertiary/aromatic N) is 1.